The largest absolute Gasteiger partial charge is 0.457 e. The average molecular weight is 477 g/mol. The molecule has 3 aromatic rings. The van der Waals surface area contributed by atoms with Crippen LogP contribution in [0.1, 0.15) is 12.7 Å². The lowest BCUT2D eigenvalue weighted by Crippen LogP contribution is -2.21. The van der Waals surface area contributed by atoms with E-state index in [0.29, 0.717) is 44.1 Å². The molecule has 1 N–H and O–H groups in total. The number of rotatable bonds is 4. The number of benzene rings is 2. The zero-order chi connectivity index (χ0) is 22.3. The Kier molecular flexibility index (Phi) is 5.49. The predicted octanol–water partition coefficient (Wildman–Crippen LogP) is 5.31. The van der Waals surface area contributed by atoms with E-state index >= 15 is 0 Å². The first-order valence-corrected chi connectivity index (χ1v) is 11.1. The van der Waals surface area contributed by atoms with Gasteiger partial charge in [-0.05, 0) is 61.5 Å². The summed E-state index contributed by atoms with van der Waals surface area (Å²) >= 11 is 12.3. The molecule has 0 atom stereocenters. The zero-order valence-electron chi connectivity index (χ0n) is 15.9. The molecule has 0 spiro atoms. The zero-order valence-corrected chi connectivity index (χ0v) is 18.2. The van der Waals surface area contributed by atoms with Crippen LogP contribution in [0.15, 0.2) is 74.6 Å². The number of carbonyl (C=O) groups excluding carboxylic acids is 1. The molecule has 0 unspecified atom stereocenters. The van der Waals surface area contributed by atoms with Crippen LogP contribution >= 0.6 is 23.2 Å². The molecule has 2 aromatic carbocycles. The molecule has 4 rings (SSSR count). The van der Waals surface area contributed by atoms with Crippen molar-refractivity contribution in [1.82, 2.24) is 0 Å². The predicted molar refractivity (Wildman–Crippen MR) is 119 cm³/mol. The average Bonchev–Trinajstić information content (AvgIpc) is 3.30. The number of hydrogen-bond donors (Lipinski definition) is 1. The van der Waals surface area contributed by atoms with Crippen LogP contribution in [0.25, 0.3) is 17.4 Å². The fourth-order valence-corrected chi connectivity index (χ4v) is 3.90. The molecule has 2 heterocycles. The summed E-state index contributed by atoms with van der Waals surface area (Å²) in [5, 5.41) is 6.16. The molecule has 0 bridgehead atoms. The standard InChI is InChI=1S/C21H14Cl2N2O5S/c1-12-17(11-14-7-10-19(30-14)16-3-2-4-18(22)20(16)23)21(26)25(24-12)13-5-8-15(9-6-13)31(27,28)29/h2-11H,1H3,(H,27,28,29)/b17-11-. The van der Waals surface area contributed by atoms with Gasteiger partial charge in [0.05, 0.1) is 31.9 Å². The summed E-state index contributed by atoms with van der Waals surface area (Å²) in [4.78, 5) is 12.6. The van der Waals surface area contributed by atoms with Crippen molar-refractivity contribution in [2.75, 3.05) is 5.01 Å². The van der Waals surface area contributed by atoms with Gasteiger partial charge in [0, 0.05) is 5.56 Å². The monoisotopic (exact) mass is 476 g/mol. The second-order valence-electron chi connectivity index (χ2n) is 6.63. The van der Waals surface area contributed by atoms with E-state index in [1.54, 1.807) is 43.3 Å². The van der Waals surface area contributed by atoms with E-state index in [1.807, 2.05) is 0 Å². The number of carbonyl (C=O) groups is 1. The van der Waals surface area contributed by atoms with Crippen LogP contribution < -0.4 is 5.01 Å². The summed E-state index contributed by atoms with van der Waals surface area (Å²) in [6.45, 7) is 1.67. The number of amides is 1. The third-order valence-corrected chi connectivity index (χ3v) is 6.26. The molecule has 0 fully saturated rings. The minimum Gasteiger partial charge on any atom is -0.457 e. The quantitative estimate of drug-likeness (QED) is 0.406. The van der Waals surface area contributed by atoms with Crippen molar-refractivity contribution in [3.8, 4) is 11.3 Å². The minimum absolute atomic E-state index is 0.276. The van der Waals surface area contributed by atoms with Crippen LogP contribution in [-0.2, 0) is 14.9 Å². The Labute approximate surface area is 187 Å². The second kappa shape index (κ2) is 7.97. The number of anilines is 1. The molecule has 0 radical (unpaired) electrons. The Bertz CT molecular complexity index is 1360. The van der Waals surface area contributed by atoms with Gasteiger partial charge in [-0.1, -0.05) is 29.3 Å². The molecule has 0 saturated heterocycles. The molecule has 158 valence electrons. The van der Waals surface area contributed by atoms with Crippen LogP contribution in [0.2, 0.25) is 10.0 Å². The van der Waals surface area contributed by atoms with E-state index in [1.165, 1.54) is 24.3 Å². The first-order valence-electron chi connectivity index (χ1n) is 8.88. The Morgan fingerprint density at radius 1 is 1.06 bits per heavy atom. The summed E-state index contributed by atoms with van der Waals surface area (Å²) in [5.41, 5.74) is 1.76. The molecule has 1 aliphatic rings. The second-order valence-corrected chi connectivity index (χ2v) is 8.84. The van der Waals surface area contributed by atoms with Crippen molar-refractivity contribution in [1.29, 1.82) is 0 Å². The van der Waals surface area contributed by atoms with Crippen molar-refractivity contribution in [2.24, 2.45) is 5.10 Å². The molecular weight excluding hydrogens is 463 g/mol. The summed E-state index contributed by atoms with van der Waals surface area (Å²) in [5.74, 6) is 0.514. The Morgan fingerprint density at radius 2 is 1.77 bits per heavy atom. The van der Waals surface area contributed by atoms with Gasteiger partial charge >= 0.3 is 0 Å². The first kappa shape index (κ1) is 21.3. The number of halogens is 2. The normalized spacial score (nSPS) is 15.6. The molecule has 1 aromatic heterocycles. The molecule has 0 aliphatic carbocycles. The number of furan rings is 1. The van der Waals surface area contributed by atoms with E-state index < -0.39 is 16.0 Å². The first-order chi connectivity index (χ1) is 14.6. The fourth-order valence-electron chi connectivity index (χ4n) is 3.03. The maximum Gasteiger partial charge on any atom is 0.294 e. The maximum atomic E-state index is 12.9. The van der Waals surface area contributed by atoms with Crippen molar-refractivity contribution in [2.45, 2.75) is 11.8 Å². The summed E-state index contributed by atoms with van der Waals surface area (Å²) in [6, 6.07) is 13.8. The van der Waals surface area contributed by atoms with Crippen LogP contribution in [0.5, 0.6) is 0 Å². The Morgan fingerprint density at radius 3 is 2.45 bits per heavy atom. The van der Waals surface area contributed by atoms with Crippen molar-refractivity contribution >= 4 is 56.7 Å². The van der Waals surface area contributed by atoms with E-state index in [4.69, 9.17) is 32.2 Å². The molecule has 1 aliphatic heterocycles. The number of hydrazone groups is 1. The van der Waals surface area contributed by atoms with Gasteiger partial charge in [-0.15, -0.1) is 0 Å². The third-order valence-electron chi connectivity index (χ3n) is 4.57. The Hall–Kier alpha value is -2.91. The highest BCUT2D eigenvalue weighted by Crippen LogP contribution is 2.35. The van der Waals surface area contributed by atoms with Crippen molar-refractivity contribution in [3.63, 3.8) is 0 Å². The van der Waals surface area contributed by atoms with Crippen LogP contribution in [0.3, 0.4) is 0 Å². The van der Waals surface area contributed by atoms with Crippen molar-refractivity contribution < 1.29 is 22.2 Å². The molecule has 31 heavy (non-hydrogen) atoms. The molecule has 7 nitrogen and oxygen atoms in total. The van der Waals surface area contributed by atoms with Gasteiger partial charge in [-0.3, -0.25) is 9.35 Å². The van der Waals surface area contributed by atoms with Gasteiger partial charge in [0.25, 0.3) is 16.0 Å². The maximum absolute atomic E-state index is 12.9. The summed E-state index contributed by atoms with van der Waals surface area (Å²) in [7, 11) is -4.33. The van der Waals surface area contributed by atoms with Gasteiger partial charge in [0.15, 0.2) is 0 Å². The molecular formula is C21H14Cl2N2O5S. The van der Waals surface area contributed by atoms with E-state index in [2.05, 4.69) is 5.10 Å². The summed E-state index contributed by atoms with van der Waals surface area (Å²) < 4.78 is 37.3. The van der Waals surface area contributed by atoms with E-state index in [0.717, 1.165) is 5.01 Å². The lowest BCUT2D eigenvalue weighted by Gasteiger charge is -2.11. The van der Waals surface area contributed by atoms with Gasteiger partial charge < -0.3 is 4.42 Å². The van der Waals surface area contributed by atoms with Crippen LogP contribution in [-0.4, -0.2) is 24.6 Å². The van der Waals surface area contributed by atoms with Crippen LogP contribution in [0.4, 0.5) is 5.69 Å². The van der Waals surface area contributed by atoms with Gasteiger partial charge in [-0.2, -0.15) is 18.5 Å². The highest BCUT2D eigenvalue weighted by atomic mass is 35.5. The third kappa shape index (κ3) is 4.15. The minimum atomic E-state index is -4.33. The van der Waals surface area contributed by atoms with Gasteiger partial charge in [0.1, 0.15) is 11.5 Å². The number of hydrogen-bond acceptors (Lipinski definition) is 5. The van der Waals surface area contributed by atoms with Gasteiger partial charge in [0.2, 0.25) is 0 Å². The molecule has 10 heteroatoms. The molecule has 1 amide bonds. The summed E-state index contributed by atoms with van der Waals surface area (Å²) in [6.07, 6.45) is 1.57. The van der Waals surface area contributed by atoms with Crippen molar-refractivity contribution in [3.05, 3.63) is 76.0 Å². The lowest BCUT2D eigenvalue weighted by atomic mass is 10.1. The number of nitrogens with zero attached hydrogens (tertiary/aromatic N) is 2. The highest BCUT2D eigenvalue weighted by Gasteiger charge is 2.29. The van der Waals surface area contributed by atoms with Gasteiger partial charge in [-0.25, -0.2) is 0 Å². The van der Waals surface area contributed by atoms with Crippen LogP contribution in [0, 0.1) is 0 Å². The molecule has 0 saturated carbocycles. The topological polar surface area (TPSA) is 100 Å². The van der Waals surface area contributed by atoms with E-state index in [-0.39, 0.29) is 4.90 Å². The smallest absolute Gasteiger partial charge is 0.294 e. The Balaban J connectivity index is 1.62. The highest BCUT2D eigenvalue weighted by molar-refractivity contribution is 7.85. The van der Waals surface area contributed by atoms with E-state index in [9.17, 15) is 13.2 Å². The lowest BCUT2D eigenvalue weighted by molar-refractivity contribution is -0.114. The SMILES string of the molecule is CC1=NN(c2ccc(S(=O)(=O)O)cc2)C(=O)/C1=C\c1ccc(-c2cccc(Cl)c2Cl)o1. The fraction of sp³-hybridized carbons (Fsp3) is 0.0476.